The summed E-state index contributed by atoms with van der Waals surface area (Å²) in [6, 6.07) is 25.2. The SMILES string of the molecule is O=C(O)CN(c1cc(/C=C\C(=O)N2CCOCC2)c(N(CC(=O)O)S(=O)(=O)c2ccc(-c3ccco3)cc2)c2ccccc12)S(=O)(=O)c1ccc(-c2ccco2)cc1. The number of carboxylic acids is 2. The molecular formula is C41H35N3O12S2. The molecule has 0 atom stereocenters. The number of benzene rings is 4. The third kappa shape index (κ3) is 8.08. The minimum absolute atomic E-state index is 0.0502. The molecule has 0 bridgehead atoms. The Morgan fingerprint density at radius 3 is 1.66 bits per heavy atom. The highest BCUT2D eigenvalue weighted by Crippen LogP contribution is 2.42. The Bertz CT molecular complexity index is 2710. The predicted octanol–water partition coefficient (Wildman–Crippen LogP) is 5.79. The second-order valence-electron chi connectivity index (χ2n) is 13.0. The van der Waals surface area contributed by atoms with Crippen LogP contribution in [0, 0.1) is 0 Å². The van der Waals surface area contributed by atoms with Crippen molar-refractivity contribution in [1.29, 1.82) is 0 Å². The van der Waals surface area contributed by atoms with Crippen molar-refractivity contribution in [3.05, 3.63) is 127 Å². The van der Waals surface area contributed by atoms with Crippen molar-refractivity contribution >= 4 is 66.1 Å². The summed E-state index contributed by atoms with van der Waals surface area (Å²) in [5.41, 5.74) is 0.663. The van der Waals surface area contributed by atoms with Crippen LogP contribution in [0.2, 0.25) is 0 Å². The molecule has 1 saturated heterocycles. The summed E-state index contributed by atoms with van der Waals surface area (Å²) >= 11 is 0. The van der Waals surface area contributed by atoms with Crippen molar-refractivity contribution in [3.63, 3.8) is 0 Å². The smallest absolute Gasteiger partial charge is 0.324 e. The van der Waals surface area contributed by atoms with Crippen LogP contribution in [0.3, 0.4) is 0 Å². The number of carbonyl (C=O) groups is 3. The van der Waals surface area contributed by atoms with Crippen molar-refractivity contribution in [2.75, 3.05) is 48.0 Å². The number of carboxylic acid groups (broad SMARTS) is 2. The molecule has 1 aliphatic heterocycles. The number of carbonyl (C=O) groups excluding carboxylic acids is 1. The first-order valence-corrected chi connectivity index (χ1v) is 20.6. The second kappa shape index (κ2) is 16.4. The molecule has 1 amide bonds. The van der Waals surface area contributed by atoms with E-state index in [9.17, 15) is 41.4 Å². The summed E-state index contributed by atoms with van der Waals surface area (Å²) in [6.07, 6.45) is 5.35. The van der Waals surface area contributed by atoms with E-state index in [1.807, 2.05) is 0 Å². The van der Waals surface area contributed by atoms with Crippen LogP contribution in [0.1, 0.15) is 5.56 Å². The zero-order valence-corrected chi connectivity index (χ0v) is 32.1. The van der Waals surface area contributed by atoms with Gasteiger partial charge in [-0.05, 0) is 84.9 Å². The number of aliphatic carboxylic acids is 2. The van der Waals surface area contributed by atoms with E-state index >= 15 is 0 Å². The van der Waals surface area contributed by atoms with Crippen molar-refractivity contribution in [2.24, 2.45) is 0 Å². The first-order chi connectivity index (χ1) is 27.8. The third-order valence-corrected chi connectivity index (χ3v) is 12.9. The van der Waals surface area contributed by atoms with Gasteiger partial charge in [-0.15, -0.1) is 0 Å². The normalized spacial score (nSPS) is 13.5. The highest BCUT2D eigenvalue weighted by atomic mass is 32.2. The highest BCUT2D eigenvalue weighted by Gasteiger charge is 2.34. The molecule has 0 radical (unpaired) electrons. The van der Waals surface area contributed by atoms with Gasteiger partial charge >= 0.3 is 11.9 Å². The van der Waals surface area contributed by atoms with Crippen LogP contribution in [0.15, 0.2) is 140 Å². The van der Waals surface area contributed by atoms with E-state index in [1.54, 1.807) is 30.3 Å². The Hall–Kier alpha value is -6.69. The molecule has 1 fully saturated rings. The number of rotatable bonds is 14. The molecule has 2 N–H and O–H groups in total. The number of morpholine rings is 1. The van der Waals surface area contributed by atoms with E-state index in [0.29, 0.717) is 44.5 Å². The maximum Gasteiger partial charge on any atom is 0.324 e. The van der Waals surface area contributed by atoms with Gasteiger partial charge in [0.05, 0.1) is 46.9 Å². The number of hydrogen-bond donors (Lipinski definition) is 2. The largest absolute Gasteiger partial charge is 0.480 e. The number of sulfonamides is 2. The van der Waals surface area contributed by atoms with Gasteiger partial charge in [-0.3, -0.25) is 23.0 Å². The number of furan rings is 2. The monoisotopic (exact) mass is 825 g/mol. The third-order valence-electron chi connectivity index (χ3n) is 9.32. The van der Waals surface area contributed by atoms with Gasteiger partial charge in [0.2, 0.25) is 5.91 Å². The van der Waals surface area contributed by atoms with Crippen molar-refractivity contribution in [3.8, 4) is 22.6 Å². The molecular weight excluding hydrogens is 791 g/mol. The average molecular weight is 826 g/mol. The van der Waals surface area contributed by atoms with Gasteiger partial charge in [0.1, 0.15) is 24.6 Å². The number of anilines is 2. The molecule has 2 aromatic heterocycles. The predicted molar refractivity (Wildman–Crippen MR) is 213 cm³/mol. The van der Waals surface area contributed by atoms with Gasteiger partial charge in [0.15, 0.2) is 0 Å². The Kier molecular flexibility index (Phi) is 11.2. The fourth-order valence-corrected chi connectivity index (χ4v) is 9.46. The number of hydrogen-bond acceptors (Lipinski definition) is 10. The van der Waals surface area contributed by atoms with Gasteiger partial charge in [-0.1, -0.05) is 24.3 Å². The van der Waals surface area contributed by atoms with Crippen LogP contribution >= 0.6 is 0 Å². The fourth-order valence-electron chi connectivity index (χ4n) is 6.58. The second-order valence-corrected chi connectivity index (χ2v) is 16.7. The van der Waals surface area contributed by atoms with Gasteiger partial charge in [-0.2, -0.15) is 0 Å². The molecule has 0 unspecified atom stereocenters. The molecule has 3 heterocycles. The minimum atomic E-state index is -4.71. The van der Waals surface area contributed by atoms with E-state index < -0.39 is 51.0 Å². The summed E-state index contributed by atoms with van der Waals surface area (Å²) in [6.45, 7) is -1.01. The topological polar surface area (TPSA) is 205 Å². The van der Waals surface area contributed by atoms with Crippen LogP contribution in [-0.4, -0.2) is 89.2 Å². The summed E-state index contributed by atoms with van der Waals surface area (Å²) in [7, 11) is -9.37. The number of amides is 1. The minimum Gasteiger partial charge on any atom is -0.480 e. The first-order valence-electron chi connectivity index (χ1n) is 17.7. The van der Waals surface area contributed by atoms with Crippen LogP contribution in [0.25, 0.3) is 39.5 Å². The lowest BCUT2D eigenvalue weighted by Crippen LogP contribution is -2.39. The Morgan fingerprint density at radius 1 is 0.655 bits per heavy atom. The van der Waals surface area contributed by atoms with Crippen LogP contribution in [-0.2, 0) is 39.2 Å². The molecule has 1 aliphatic rings. The molecule has 0 saturated carbocycles. The summed E-state index contributed by atoms with van der Waals surface area (Å²) < 4.78 is 75.7. The average Bonchev–Trinajstić information content (AvgIpc) is 3.98. The van der Waals surface area contributed by atoms with Gasteiger partial charge in [0, 0.05) is 46.6 Å². The summed E-state index contributed by atoms with van der Waals surface area (Å²) in [5, 5.41) is 20.4. The van der Waals surface area contributed by atoms with Crippen molar-refractivity contribution < 1.29 is 55.0 Å². The summed E-state index contributed by atoms with van der Waals surface area (Å²) in [4.78, 5) is 39.3. The van der Waals surface area contributed by atoms with E-state index in [4.69, 9.17) is 13.6 Å². The standard InChI is InChI=1S/C41H35N3O12S2/c45-38(42-19-23-54-24-20-42)18-13-30-25-35(43(26-39(46)47)57(50,51)31-14-9-28(10-15-31)36-7-3-21-55-36)33-5-1-2-6-34(33)41(30)44(27-40(48)49)58(52,53)32-16-11-29(12-17-32)37-8-4-22-56-37/h1-18,21-22,25H,19-20,23-24,26-27H2,(H,46,47)(H,48,49)/b18-13-. The van der Waals surface area contributed by atoms with Crippen molar-refractivity contribution in [1.82, 2.24) is 4.90 Å². The molecule has 7 rings (SSSR count). The number of nitrogens with zero attached hydrogens (tertiary/aromatic N) is 3. The lowest BCUT2D eigenvalue weighted by molar-refractivity contribution is -0.136. The van der Waals surface area contributed by atoms with E-state index in [2.05, 4.69) is 0 Å². The molecule has 6 aromatic rings. The number of fused-ring (bicyclic) bond motifs is 1. The maximum absolute atomic E-state index is 14.6. The van der Waals surface area contributed by atoms with Crippen LogP contribution in [0.4, 0.5) is 11.4 Å². The number of ether oxygens (including phenoxy) is 1. The molecule has 17 heteroatoms. The van der Waals surface area contributed by atoms with E-state index in [1.165, 1.54) is 96.3 Å². The molecule has 0 aliphatic carbocycles. The molecule has 15 nitrogen and oxygen atoms in total. The van der Waals surface area contributed by atoms with E-state index in [0.717, 1.165) is 6.08 Å². The Morgan fingerprint density at radius 2 is 1.16 bits per heavy atom. The Balaban J connectivity index is 1.43. The molecule has 0 spiro atoms. The first kappa shape index (κ1) is 39.5. The zero-order valence-electron chi connectivity index (χ0n) is 30.5. The quantitative estimate of drug-likeness (QED) is 0.125. The van der Waals surface area contributed by atoms with Gasteiger partial charge in [0.25, 0.3) is 20.0 Å². The zero-order chi connectivity index (χ0) is 41.0. The fraction of sp³-hybridized carbons (Fsp3) is 0.146. The Labute approximate surface area is 332 Å². The van der Waals surface area contributed by atoms with Gasteiger partial charge < -0.3 is 28.7 Å². The van der Waals surface area contributed by atoms with Gasteiger partial charge in [-0.25, -0.2) is 16.8 Å². The van der Waals surface area contributed by atoms with Crippen LogP contribution in [0.5, 0.6) is 0 Å². The molecule has 4 aromatic carbocycles. The lowest BCUT2D eigenvalue weighted by Gasteiger charge is -2.30. The maximum atomic E-state index is 14.6. The molecule has 298 valence electrons. The van der Waals surface area contributed by atoms with E-state index in [-0.39, 0.29) is 50.6 Å². The summed E-state index contributed by atoms with van der Waals surface area (Å²) in [5.74, 6) is -2.55. The van der Waals surface area contributed by atoms with Crippen LogP contribution < -0.4 is 8.61 Å². The van der Waals surface area contributed by atoms with Crippen molar-refractivity contribution in [2.45, 2.75) is 9.79 Å². The lowest BCUT2D eigenvalue weighted by atomic mass is 10.0. The highest BCUT2D eigenvalue weighted by molar-refractivity contribution is 7.93. The molecule has 58 heavy (non-hydrogen) atoms.